The number of rotatable bonds is 6. The fraction of sp³-hybridized carbons (Fsp3) is 0.370. The monoisotopic (exact) mass is 526 g/mol. The van der Waals surface area contributed by atoms with Crippen molar-refractivity contribution in [2.24, 2.45) is 5.92 Å². The number of aromatic nitrogens is 1. The number of fused-ring (bicyclic) bond motifs is 3. The van der Waals surface area contributed by atoms with E-state index in [0.717, 1.165) is 0 Å². The van der Waals surface area contributed by atoms with Gasteiger partial charge >= 0.3 is 0 Å². The summed E-state index contributed by atoms with van der Waals surface area (Å²) in [6.07, 6.45) is 0.547. The molecule has 3 amide bonds. The Kier molecular flexibility index (Phi) is 6.45. The van der Waals surface area contributed by atoms with E-state index in [-0.39, 0.29) is 42.5 Å². The molecule has 0 aliphatic carbocycles. The molecule has 1 aromatic heterocycles. The van der Waals surface area contributed by atoms with Crippen LogP contribution < -0.4 is 10.6 Å². The van der Waals surface area contributed by atoms with Gasteiger partial charge in [0.2, 0.25) is 11.8 Å². The average molecular weight is 527 g/mol. The molecule has 5 rings (SSSR count). The summed E-state index contributed by atoms with van der Waals surface area (Å²) in [5.41, 5.74) is 0.745. The molecule has 194 valence electrons. The number of benzene rings is 2. The van der Waals surface area contributed by atoms with E-state index < -0.39 is 35.1 Å². The van der Waals surface area contributed by atoms with Crippen LogP contribution >= 0.6 is 11.6 Å². The minimum absolute atomic E-state index is 0.0295. The molecule has 0 unspecified atom stereocenters. The Bertz CT molecular complexity index is 1410. The first kappa shape index (κ1) is 25.2. The molecule has 0 bridgehead atoms. The van der Waals surface area contributed by atoms with Gasteiger partial charge in [0, 0.05) is 33.7 Å². The molecular weight excluding hydrogens is 499 g/mol. The summed E-state index contributed by atoms with van der Waals surface area (Å²) in [5, 5.41) is 16.5. The number of hydrogen-bond acceptors (Lipinski definition) is 4. The van der Waals surface area contributed by atoms with Crippen molar-refractivity contribution in [3.63, 3.8) is 0 Å². The Balaban J connectivity index is 1.43. The van der Waals surface area contributed by atoms with Crippen LogP contribution in [0.4, 0.5) is 10.1 Å². The highest BCUT2D eigenvalue weighted by atomic mass is 35.5. The largest absolute Gasteiger partial charge is 0.394 e. The minimum atomic E-state index is -1.09. The van der Waals surface area contributed by atoms with Gasteiger partial charge in [-0.1, -0.05) is 37.6 Å². The number of nitrogens with one attached hydrogen (secondary N) is 3. The molecule has 37 heavy (non-hydrogen) atoms. The van der Waals surface area contributed by atoms with Crippen LogP contribution in [0.2, 0.25) is 5.02 Å². The molecule has 3 aromatic rings. The number of H-pyrrole nitrogens is 1. The van der Waals surface area contributed by atoms with Gasteiger partial charge in [0.05, 0.1) is 18.1 Å². The maximum absolute atomic E-state index is 14.1. The number of aliphatic hydroxyl groups is 1. The number of hydrogen-bond donors (Lipinski definition) is 4. The number of aromatic amines is 1. The van der Waals surface area contributed by atoms with Gasteiger partial charge in [-0.3, -0.25) is 14.4 Å². The quantitative estimate of drug-likeness (QED) is 0.393. The van der Waals surface area contributed by atoms with Crippen LogP contribution in [0.15, 0.2) is 42.5 Å². The highest BCUT2D eigenvalue weighted by molar-refractivity contribution is 6.33. The molecule has 0 saturated carbocycles. The van der Waals surface area contributed by atoms with Crippen molar-refractivity contribution in [2.45, 2.75) is 44.2 Å². The molecule has 2 aromatic carbocycles. The molecule has 3 heterocycles. The zero-order valence-corrected chi connectivity index (χ0v) is 21.2. The molecule has 3 atom stereocenters. The van der Waals surface area contributed by atoms with Crippen molar-refractivity contribution < 1.29 is 23.9 Å². The van der Waals surface area contributed by atoms with Gasteiger partial charge in [-0.25, -0.2) is 4.39 Å². The Morgan fingerprint density at radius 3 is 2.73 bits per heavy atom. The normalized spacial score (nSPS) is 21.5. The lowest BCUT2D eigenvalue weighted by molar-refractivity contribution is -0.135. The van der Waals surface area contributed by atoms with Crippen LogP contribution in [0.5, 0.6) is 0 Å². The number of amides is 3. The molecular formula is C27H28ClFN4O4. The minimum Gasteiger partial charge on any atom is -0.394 e. The second-order valence-corrected chi connectivity index (χ2v) is 10.7. The number of likely N-dealkylation sites (tertiary alicyclic amines) is 1. The van der Waals surface area contributed by atoms with Crippen molar-refractivity contribution in [1.29, 1.82) is 0 Å². The second kappa shape index (κ2) is 9.46. The fourth-order valence-electron chi connectivity index (χ4n) is 5.60. The van der Waals surface area contributed by atoms with E-state index in [4.69, 9.17) is 11.6 Å². The first-order valence-electron chi connectivity index (χ1n) is 12.2. The lowest BCUT2D eigenvalue weighted by Crippen LogP contribution is -2.52. The third kappa shape index (κ3) is 4.26. The SMILES string of the molecule is CC(C)C[C@H](NC(=O)c1cc2c(F)cccc2[nH]1)C(=O)N1C[C@]2(C[C@H]1CO)C(=O)Nc1cccc(Cl)c12. The topological polar surface area (TPSA) is 115 Å². The third-order valence-electron chi connectivity index (χ3n) is 7.30. The van der Waals surface area contributed by atoms with E-state index in [9.17, 15) is 23.9 Å². The number of carbonyl (C=O) groups is 3. The summed E-state index contributed by atoms with van der Waals surface area (Å²) < 4.78 is 14.1. The molecule has 1 saturated heterocycles. The first-order valence-corrected chi connectivity index (χ1v) is 12.6. The van der Waals surface area contributed by atoms with Gasteiger partial charge in [-0.05, 0) is 49.1 Å². The Morgan fingerprint density at radius 2 is 2.03 bits per heavy atom. The van der Waals surface area contributed by atoms with Crippen LogP contribution in [0.25, 0.3) is 10.9 Å². The van der Waals surface area contributed by atoms with E-state index in [1.807, 2.05) is 13.8 Å². The molecule has 2 aliphatic heterocycles. The summed E-state index contributed by atoms with van der Waals surface area (Å²) in [6, 6.07) is 9.59. The average Bonchev–Trinajstić information content (AvgIpc) is 3.53. The maximum atomic E-state index is 14.1. The number of anilines is 1. The van der Waals surface area contributed by atoms with Gasteiger partial charge in [0.15, 0.2) is 0 Å². The molecule has 10 heteroatoms. The molecule has 2 aliphatic rings. The Morgan fingerprint density at radius 1 is 1.27 bits per heavy atom. The van der Waals surface area contributed by atoms with Crippen LogP contribution in [-0.4, -0.2) is 57.9 Å². The molecule has 4 N–H and O–H groups in total. The summed E-state index contributed by atoms with van der Waals surface area (Å²) >= 11 is 6.49. The van der Waals surface area contributed by atoms with Crippen LogP contribution in [-0.2, 0) is 15.0 Å². The molecule has 1 spiro atoms. The maximum Gasteiger partial charge on any atom is 0.268 e. The second-order valence-electron chi connectivity index (χ2n) is 10.2. The number of aliphatic hydroxyl groups excluding tert-OH is 1. The van der Waals surface area contributed by atoms with Crippen molar-refractivity contribution in [3.05, 3.63) is 64.6 Å². The summed E-state index contributed by atoms with van der Waals surface area (Å²) in [4.78, 5) is 44.5. The molecule has 0 radical (unpaired) electrons. The van der Waals surface area contributed by atoms with Gasteiger partial charge < -0.3 is 25.6 Å². The highest BCUT2D eigenvalue weighted by Gasteiger charge is 2.57. The van der Waals surface area contributed by atoms with Gasteiger partial charge in [0.1, 0.15) is 17.6 Å². The number of nitrogens with zero attached hydrogens (tertiary/aromatic N) is 1. The highest BCUT2D eigenvalue weighted by Crippen LogP contribution is 2.49. The van der Waals surface area contributed by atoms with Gasteiger partial charge in [-0.15, -0.1) is 0 Å². The zero-order valence-electron chi connectivity index (χ0n) is 20.5. The lowest BCUT2D eigenvalue weighted by Gasteiger charge is -2.29. The predicted molar refractivity (Wildman–Crippen MR) is 138 cm³/mol. The summed E-state index contributed by atoms with van der Waals surface area (Å²) in [7, 11) is 0. The number of carbonyl (C=O) groups excluding carboxylic acids is 3. The van der Waals surface area contributed by atoms with Crippen LogP contribution in [0, 0.1) is 11.7 Å². The molecule has 1 fully saturated rings. The van der Waals surface area contributed by atoms with Crippen molar-refractivity contribution >= 4 is 45.9 Å². The Labute approximate surface area is 218 Å². The van der Waals surface area contributed by atoms with E-state index in [1.165, 1.54) is 17.0 Å². The smallest absolute Gasteiger partial charge is 0.268 e. The van der Waals surface area contributed by atoms with Crippen LogP contribution in [0.3, 0.4) is 0 Å². The molecule has 8 nitrogen and oxygen atoms in total. The van der Waals surface area contributed by atoms with Gasteiger partial charge in [-0.2, -0.15) is 0 Å². The lowest BCUT2D eigenvalue weighted by atomic mass is 9.79. The standard InChI is InChI=1S/C27H28ClFN4O4/c1-14(2)9-22(31-24(35)21-10-16-18(29)6-4-7-19(16)30-21)25(36)33-13-27(11-15(33)12-34)23-17(28)5-3-8-20(23)32-26(27)37/h3-8,10,14-15,22,30,34H,9,11-13H2,1-2H3,(H,31,35)(H,32,37)/t15-,22-,27-/m0/s1. The van der Waals surface area contributed by atoms with Gasteiger partial charge in [0.25, 0.3) is 5.91 Å². The zero-order chi connectivity index (χ0) is 26.5. The summed E-state index contributed by atoms with van der Waals surface area (Å²) in [6.45, 7) is 3.55. The van der Waals surface area contributed by atoms with Crippen molar-refractivity contribution in [3.8, 4) is 0 Å². The van der Waals surface area contributed by atoms with E-state index >= 15 is 0 Å². The van der Waals surface area contributed by atoms with E-state index in [0.29, 0.717) is 28.2 Å². The van der Waals surface area contributed by atoms with Crippen molar-refractivity contribution in [2.75, 3.05) is 18.5 Å². The summed E-state index contributed by atoms with van der Waals surface area (Å²) in [5.74, 6) is -1.61. The Hall–Kier alpha value is -3.43. The third-order valence-corrected chi connectivity index (χ3v) is 7.62. The van der Waals surface area contributed by atoms with E-state index in [1.54, 1.807) is 30.3 Å². The predicted octanol–water partition coefficient (Wildman–Crippen LogP) is 3.59. The van der Waals surface area contributed by atoms with E-state index in [2.05, 4.69) is 15.6 Å². The van der Waals surface area contributed by atoms with Crippen molar-refractivity contribution in [1.82, 2.24) is 15.2 Å². The van der Waals surface area contributed by atoms with Crippen LogP contribution in [0.1, 0.15) is 42.7 Å². The number of halogens is 2. The first-order chi connectivity index (χ1) is 17.6. The fourth-order valence-corrected chi connectivity index (χ4v) is 5.96.